The first-order valence-corrected chi connectivity index (χ1v) is 4.32. The summed E-state index contributed by atoms with van der Waals surface area (Å²) in [5, 5.41) is 9.05. The van der Waals surface area contributed by atoms with Crippen LogP contribution in [-0.4, -0.2) is 11.1 Å². The van der Waals surface area contributed by atoms with Crippen LogP contribution >= 0.6 is 0 Å². The largest absolute Gasteiger partial charge is 0.508 e. The highest BCUT2D eigenvalue weighted by Crippen LogP contribution is 2.21. The van der Waals surface area contributed by atoms with Gasteiger partial charge in [-0.15, -0.1) is 0 Å². The molecule has 0 radical (unpaired) electrons. The van der Waals surface area contributed by atoms with E-state index in [1.165, 1.54) is 0 Å². The Labute approximate surface area is 82.3 Å². The van der Waals surface area contributed by atoms with E-state index in [9.17, 15) is 4.79 Å². The van der Waals surface area contributed by atoms with E-state index < -0.39 is 5.97 Å². The molecule has 0 saturated carbocycles. The summed E-state index contributed by atoms with van der Waals surface area (Å²) in [6, 6.07) is 6.70. The number of carbonyl (C=O) groups excluding carboxylic acids is 1. The minimum absolute atomic E-state index is 0.0339. The van der Waals surface area contributed by atoms with E-state index in [0.717, 1.165) is 5.56 Å². The number of carbonyl (C=O) groups is 1. The zero-order valence-electron chi connectivity index (χ0n) is 7.93. The quantitative estimate of drug-likeness (QED) is 0.713. The Balaban J connectivity index is 2.65. The van der Waals surface area contributed by atoms with Crippen molar-refractivity contribution >= 4 is 5.97 Å². The minimum Gasteiger partial charge on any atom is -0.508 e. The summed E-state index contributed by atoms with van der Waals surface area (Å²) in [5.41, 5.74) is 0.966. The Hall–Kier alpha value is -1.55. The molecule has 1 rings (SSSR count). The molecule has 0 aliphatic carbocycles. The Morgan fingerprint density at radius 3 is 2.57 bits per heavy atom. The highest BCUT2D eigenvalue weighted by molar-refractivity contribution is 5.70. The molecule has 0 amide bonds. The normalized spacial score (nSPS) is 12.1. The second kappa shape index (κ2) is 4.62. The molecule has 0 bridgehead atoms. The van der Waals surface area contributed by atoms with Crippen molar-refractivity contribution in [1.29, 1.82) is 0 Å². The molecular formula is C10H13NO3. The molecule has 0 aliphatic heterocycles. The molecule has 4 nitrogen and oxygen atoms in total. The van der Waals surface area contributed by atoms with Crippen molar-refractivity contribution < 1.29 is 14.7 Å². The third-order valence-electron chi connectivity index (χ3n) is 2.07. The molecule has 0 spiro atoms. The van der Waals surface area contributed by atoms with E-state index >= 15 is 0 Å². The zero-order chi connectivity index (χ0) is 10.6. The van der Waals surface area contributed by atoms with Crippen LogP contribution in [0.1, 0.15) is 24.8 Å². The van der Waals surface area contributed by atoms with Crippen molar-refractivity contribution in [2.45, 2.75) is 19.3 Å². The number of aromatic hydroxyl groups is 1. The van der Waals surface area contributed by atoms with Gasteiger partial charge in [-0.3, -0.25) is 4.79 Å². The van der Waals surface area contributed by atoms with E-state index in [-0.39, 0.29) is 18.1 Å². The lowest BCUT2D eigenvalue weighted by Gasteiger charge is -2.09. The van der Waals surface area contributed by atoms with Gasteiger partial charge < -0.3 is 9.94 Å². The van der Waals surface area contributed by atoms with Gasteiger partial charge >= 0.3 is 5.97 Å². The monoisotopic (exact) mass is 195 g/mol. The van der Waals surface area contributed by atoms with Crippen LogP contribution in [0, 0.1) is 0 Å². The molecule has 0 aromatic heterocycles. The summed E-state index contributed by atoms with van der Waals surface area (Å²) in [6.07, 6.45) is 0.237. The number of phenolic OH excluding ortho intramolecular Hbond substituents is 1. The molecule has 1 aromatic rings. The topological polar surface area (TPSA) is 72.5 Å². The first-order chi connectivity index (χ1) is 6.63. The van der Waals surface area contributed by atoms with E-state index in [2.05, 4.69) is 4.84 Å². The van der Waals surface area contributed by atoms with E-state index in [1.807, 2.05) is 6.92 Å². The smallest absolute Gasteiger partial charge is 0.325 e. The molecule has 0 saturated heterocycles. The maximum absolute atomic E-state index is 10.9. The minimum atomic E-state index is -0.439. The third kappa shape index (κ3) is 2.74. The van der Waals surface area contributed by atoms with Gasteiger partial charge in [-0.1, -0.05) is 19.1 Å². The van der Waals surface area contributed by atoms with Gasteiger partial charge in [-0.25, -0.2) is 0 Å². The highest BCUT2D eigenvalue weighted by atomic mass is 16.7. The summed E-state index contributed by atoms with van der Waals surface area (Å²) in [4.78, 5) is 14.9. The Bertz CT molecular complexity index is 308. The van der Waals surface area contributed by atoms with Crippen molar-refractivity contribution in [3.8, 4) is 5.75 Å². The molecule has 0 fully saturated rings. The molecule has 4 heteroatoms. The zero-order valence-corrected chi connectivity index (χ0v) is 7.93. The van der Waals surface area contributed by atoms with Gasteiger partial charge in [0, 0.05) is 0 Å². The van der Waals surface area contributed by atoms with Crippen LogP contribution in [-0.2, 0) is 9.63 Å². The van der Waals surface area contributed by atoms with Crippen LogP contribution in [0.5, 0.6) is 5.75 Å². The van der Waals surface area contributed by atoms with Crippen molar-refractivity contribution in [2.24, 2.45) is 5.90 Å². The summed E-state index contributed by atoms with van der Waals surface area (Å²) >= 11 is 0. The summed E-state index contributed by atoms with van der Waals surface area (Å²) in [7, 11) is 0. The van der Waals surface area contributed by atoms with Gasteiger partial charge in [0.05, 0.1) is 6.42 Å². The molecule has 14 heavy (non-hydrogen) atoms. The summed E-state index contributed by atoms with van der Waals surface area (Å²) < 4.78 is 0. The van der Waals surface area contributed by atoms with Gasteiger partial charge in [0.2, 0.25) is 0 Å². The van der Waals surface area contributed by atoms with Gasteiger partial charge in [0.15, 0.2) is 0 Å². The number of phenols is 1. The summed E-state index contributed by atoms with van der Waals surface area (Å²) in [5.74, 6) is 4.54. The molecular weight excluding hydrogens is 182 g/mol. The molecule has 0 heterocycles. The lowest BCUT2D eigenvalue weighted by atomic mass is 9.98. The fraction of sp³-hybridized carbons (Fsp3) is 0.300. The van der Waals surface area contributed by atoms with Crippen LogP contribution in [0.4, 0.5) is 0 Å². The maximum Gasteiger partial charge on any atom is 0.325 e. The average molecular weight is 195 g/mol. The van der Waals surface area contributed by atoms with Gasteiger partial charge in [0.25, 0.3) is 0 Å². The number of hydrogen-bond donors (Lipinski definition) is 2. The molecule has 76 valence electrons. The molecule has 1 aromatic carbocycles. The Kier molecular flexibility index (Phi) is 3.48. The number of nitrogens with two attached hydrogens (primary N) is 1. The van der Waals surface area contributed by atoms with Crippen molar-refractivity contribution in [2.75, 3.05) is 0 Å². The predicted octanol–water partition coefficient (Wildman–Crippen LogP) is 1.30. The molecule has 3 N–H and O–H groups in total. The lowest BCUT2D eigenvalue weighted by Crippen LogP contribution is -2.12. The number of rotatable bonds is 3. The van der Waals surface area contributed by atoms with E-state index in [0.29, 0.717) is 0 Å². The molecule has 1 unspecified atom stereocenters. The first-order valence-electron chi connectivity index (χ1n) is 4.32. The van der Waals surface area contributed by atoms with Crippen LogP contribution in [0.3, 0.4) is 0 Å². The van der Waals surface area contributed by atoms with Crippen LogP contribution < -0.4 is 5.90 Å². The second-order valence-electron chi connectivity index (χ2n) is 3.19. The van der Waals surface area contributed by atoms with Crippen molar-refractivity contribution in [3.05, 3.63) is 29.8 Å². The third-order valence-corrected chi connectivity index (χ3v) is 2.07. The van der Waals surface area contributed by atoms with Gasteiger partial charge in [-0.2, -0.15) is 5.90 Å². The van der Waals surface area contributed by atoms with E-state index in [1.54, 1.807) is 24.3 Å². The van der Waals surface area contributed by atoms with Crippen LogP contribution in [0.2, 0.25) is 0 Å². The lowest BCUT2D eigenvalue weighted by molar-refractivity contribution is -0.144. The second-order valence-corrected chi connectivity index (χ2v) is 3.19. The first kappa shape index (κ1) is 10.5. The fourth-order valence-electron chi connectivity index (χ4n) is 1.22. The Morgan fingerprint density at radius 2 is 2.07 bits per heavy atom. The van der Waals surface area contributed by atoms with Crippen molar-refractivity contribution in [3.63, 3.8) is 0 Å². The molecule has 1 atom stereocenters. The standard InChI is InChI=1S/C10H13NO3/c1-7(6-10(13)14-11)8-2-4-9(12)5-3-8/h2-5,7,12H,6,11H2,1H3. The Morgan fingerprint density at radius 1 is 1.50 bits per heavy atom. The highest BCUT2D eigenvalue weighted by Gasteiger charge is 2.11. The van der Waals surface area contributed by atoms with Gasteiger partial charge in [0.1, 0.15) is 5.75 Å². The van der Waals surface area contributed by atoms with Crippen LogP contribution in [0.15, 0.2) is 24.3 Å². The van der Waals surface area contributed by atoms with Gasteiger partial charge in [-0.05, 0) is 23.6 Å². The average Bonchev–Trinajstić information content (AvgIpc) is 2.18. The SMILES string of the molecule is CC(CC(=O)ON)c1ccc(O)cc1. The fourth-order valence-corrected chi connectivity index (χ4v) is 1.22. The van der Waals surface area contributed by atoms with Crippen molar-refractivity contribution in [1.82, 2.24) is 0 Å². The van der Waals surface area contributed by atoms with E-state index in [4.69, 9.17) is 11.0 Å². The number of benzene rings is 1. The number of hydrogen-bond acceptors (Lipinski definition) is 4. The maximum atomic E-state index is 10.9. The summed E-state index contributed by atoms with van der Waals surface area (Å²) in [6.45, 7) is 1.89. The molecule has 0 aliphatic rings. The van der Waals surface area contributed by atoms with Crippen LogP contribution in [0.25, 0.3) is 0 Å². The predicted molar refractivity (Wildman–Crippen MR) is 51.4 cm³/mol.